The van der Waals surface area contributed by atoms with Gasteiger partial charge in [-0.1, -0.05) is 41.3 Å². The van der Waals surface area contributed by atoms with Gasteiger partial charge in [-0.05, 0) is 29.3 Å². The van der Waals surface area contributed by atoms with Crippen LogP contribution in [-0.4, -0.2) is 43.9 Å². The number of aliphatic hydroxyl groups excluding tert-OH is 1. The van der Waals surface area contributed by atoms with Crippen molar-refractivity contribution >= 4 is 16.9 Å². The summed E-state index contributed by atoms with van der Waals surface area (Å²) >= 11 is 0. The molecule has 1 fully saturated rings. The van der Waals surface area contributed by atoms with Crippen LogP contribution in [0.4, 0.5) is 13.2 Å². The Morgan fingerprint density at radius 3 is 2.47 bits per heavy atom. The Labute approximate surface area is 172 Å². The molecular formula is C19H21F3N2O5S. The molecule has 1 saturated heterocycles. The molecule has 3 rings (SSSR count). The number of aliphatic hydroxyl groups is 1. The van der Waals surface area contributed by atoms with E-state index >= 15 is 0 Å². The largest absolute Gasteiger partial charge is 0.462 e. The highest BCUT2D eigenvalue weighted by atomic mass is 32.3. The Kier molecular flexibility index (Phi) is 6.70. The average Bonchev–Trinajstić information content (AvgIpc) is 2.93. The van der Waals surface area contributed by atoms with Gasteiger partial charge in [0, 0.05) is 13.0 Å². The van der Waals surface area contributed by atoms with E-state index in [-0.39, 0.29) is 31.7 Å². The number of halogens is 3. The number of carbonyl (C=O) groups is 1. The summed E-state index contributed by atoms with van der Waals surface area (Å²) in [5, 5.41) is 9.48. The molecule has 11 heteroatoms. The lowest BCUT2D eigenvalue weighted by Gasteiger charge is -2.35. The minimum Gasteiger partial charge on any atom is -0.462 e. The van der Waals surface area contributed by atoms with Gasteiger partial charge in [0.2, 0.25) is 0 Å². The first-order chi connectivity index (χ1) is 14.0. The SMILES string of the molecule is O=C(OCCc1cccc(C(F)(F)F)c1)c1ccc(CN2CC(O)NS2(O)O)cc1. The zero-order valence-electron chi connectivity index (χ0n) is 15.7. The first kappa shape index (κ1) is 22.5. The van der Waals surface area contributed by atoms with Gasteiger partial charge in [0.15, 0.2) is 0 Å². The van der Waals surface area contributed by atoms with Crippen LogP contribution >= 0.6 is 11.0 Å². The van der Waals surface area contributed by atoms with Gasteiger partial charge in [0.25, 0.3) is 0 Å². The lowest BCUT2D eigenvalue weighted by Crippen LogP contribution is -2.25. The molecule has 0 spiro atoms. The van der Waals surface area contributed by atoms with Crippen LogP contribution in [0.3, 0.4) is 0 Å². The predicted octanol–water partition coefficient (Wildman–Crippen LogP) is 3.41. The summed E-state index contributed by atoms with van der Waals surface area (Å²) in [6, 6.07) is 11.1. The van der Waals surface area contributed by atoms with Gasteiger partial charge in [-0.25, -0.2) is 4.79 Å². The van der Waals surface area contributed by atoms with Crippen LogP contribution in [0.25, 0.3) is 0 Å². The number of rotatable bonds is 6. The topological polar surface area (TPSA) is 102 Å². The number of nitrogens with one attached hydrogen (secondary N) is 1. The third kappa shape index (κ3) is 5.72. The molecule has 164 valence electrons. The van der Waals surface area contributed by atoms with Crippen molar-refractivity contribution in [2.75, 3.05) is 13.2 Å². The Hall–Kier alpha value is -2.15. The maximum absolute atomic E-state index is 12.7. The fraction of sp³-hybridized carbons (Fsp3) is 0.316. The molecule has 1 unspecified atom stereocenters. The molecule has 0 radical (unpaired) electrons. The van der Waals surface area contributed by atoms with Crippen LogP contribution in [0.2, 0.25) is 0 Å². The van der Waals surface area contributed by atoms with Crippen LogP contribution in [-0.2, 0) is 23.9 Å². The minimum atomic E-state index is -4.43. The van der Waals surface area contributed by atoms with E-state index in [0.717, 1.165) is 12.1 Å². The number of hydrogen-bond acceptors (Lipinski definition) is 7. The summed E-state index contributed by atoms with van der Waals surface area (Å²) in [6.07, 6.45) is -5.32. The number of nitrogens with zero attached hydrogens (tertiary/aromatic N) is 1. The minimum absolute atomic E-state index is 0.0433. The van der Waals surface area contributed by atoms with Crippen molar-refractivity contribution in [1.82, 2.24) is 9.03 Å². The molecule has 0 aromatic heterocycles. The first-order valence-corrected chi connectivity index (χ1v) is 10.5. The van der Waals surface area contributed by atoms with Crippen LogP contribution in [0.5, 0.6) is 0 Å². The number of benzene rings is 2. The molecular weight excluding hydrogens is 425 g/mol. The predicted molar refractivity (Wildman–Crippen MR) is 104 cm³/mol. The Morgan fingerprint density at radius 2 is 1.87 bits per heavy atom. The summed E-state index contributed by atoms with van der Waals surface area (Å²) in [5.74, 6) is -0.615. The fourth-order valence-electron chi connectivity index (χ4n) is 2.94. The van der Waals surface area contributed by atoms with Crippen molar-refractivity contribution in [1.29, 1.82) is 0 Å². The van der Waals surface area contributed by atoms with Crippen molar-refractivity contribution in [2.24, 2.45) is 0 Å². The first-order valence-electron chi connectivity index (χ1n) is 8.95. The number of ether oxygens (including phenoxy) is 1. The molecule has 0 saturated carbocycles. The van der Waals surface area contributed by atoms with Crippen molar-refractivity contribution in [3.05, 3.63) is 70.8 Å². The lowest BCUT2D eigenvalue weighted by atomic mass is 10.1. The average molecular weight is 446 g/mol. The van der Waals surface area contributed by atoms with Crippen molar-refractivity contribution < 1.29 is 36.9 Å². The second kappa shape index (κ2) is 8.92. The van der Waals surface area contributed by atoms with Crippen LogP contribution < -0.4 is 4.72 Å². The molecule has 2 aromatic rings. The van der Waals surface area contributed by atoms with Crippen LogP contribution in [0.1, 0.15) is 27.0 Å². The molecule has 0 amide bonds. The zero-order valence-corrected chi connectivity index (χ0v) is 16.5. The molecule has 2 aromatic carbocycles. The molecule has 1 aliphatic rings. The van der Waals surface area contributed by atoms with E-state index in [0.29, 0.717) is 11.1 Å². The van der Waals surface area contributed by atoms with Gasteiger partial charge < -0.3 is 9.84 Å². The highest BCUT2D eigenvalue weighted by molar-refractivity contribution is 8.20. The summed E-state index contributed by atoms with van der Waals surface area (Å²) < 4.78 is 66.6. The Balaban J connectivity index is 1.52. The van der Waals surface area contributed by atoms with Crippen LogP contribution in [0, 0.1) is 0 Å². The van der Waals surface area contributed by atoms with Crippen LogP contribution in [0.15, 0.2) is 48.5 Å². The molecule has 0 aliphatic carbocycles. The summed E-state index contributed by atoms with van der Waals surface area (Å²) in [4.78, 5) is 12.1. The van der Waals surface area contributed by atoms with Gasteiger partial charge in [0.1, 0.15) is 6.23 Å². The standard InChI is InChI=1S/C19H21F3N2O5S/c20-19(21,22)16-3-1-2-13(10-16)8-9-29-18(26)15-6-4-14(5-7-15)11-24-12-17(25)23-30(24,27)28/h1-7,10,17,23,25,27-28H,8-9,11-12H2. The number of β-amino-alcohol motifs (C(OH)–C–C–N with tert-alkyl or cyclic N) is 1. The molecule has 1 atom stereocenters. The molecule has 7 nitrogen and oxygen atoms in total. The third-order valence-electron chi connectivity index (χ3n) is 4.46. The van der Waals surface area contributed by atoms with Crippen molar-refractivity contribution in [3.8, 4) is 0 Å². The zero-order chi connectivity index (χ0) is 21.9. The molecule has 0 bridgehead atoms. The maximum Gasteiger partial charge on any atom is 0.416 e. The number of alkyl halides is 3. The summed E-state index contributed by atoms with van der Waals surface area (Å²) in [6.45, 7) is 0.124. The second-order valence-corrected chi connectivity index (χ2v) is 8.55. The van der Waals surface area contributed by atoms with E-state index in [2.05, 4.69) is 4.72 Å². The number of carbonyl (C=O) groups excluding carboxylic acids is 1. The highest BCUT2D eigenvalue weighted by Gasteiger charge is 2.34. The normalized spacial score (nSPS) is 20.1. The Morgan fingerprint density at radius 1 is 1.17 bits per heavy atom. The summed E-state index contributed by atoms with van der Waals surface area (Å²) in [5.41, 5.74) is 0.605. The highest BCUT2D eigenvalue weighted by Crippen LogP contribution is 2.44. The smallest absolute Gasteiger partial charge is 0.416 e. The van der Waals surface area contributed by atoms with E-state index in [1.54, 1.807) is 12.1 Å². The van der Waals surface area contributed by atoms with Gasteiger partial charge in [-0.2, -0.15) is 22.2 Å². The number of esters is 1. The van der Waals surface area contributed by atoms with E-state index in [1.807, 2.05) is 0 Å². The van der Waals surface area contributed by atoms with E-state index < -0.39 is 34.9 Å². The van der Waals surface area contributed by atoms with E-state index in [1.165, 1.54) is 28.6 Å². The van der Waals surface area contributed by atoms with Gasteiger partial charge in [-0.3, -0.25) is 9.11 Å². The van der Waals surface area contributed by atoms with Crippen molar-refractivity contribution in [3.63, 3.8) is 0 Å². The number of hydrogen-bond donors (Lipinski definition) is 4. The molecule has 1 heterocycles. The Bertz CT molecular complexity index is 892. The molecule has 1 aliphatic heterocycles. The summed E-state index contributed by atoms with van der Waals surface area (Å²) in [7, 11) is -3.24. The van der Waals surface area contributed by atoms with Gasteiger partial charge in [-0.15, -0.1) is 0 Å². The molecule has 4 N–H and O–H groups in total. The van der Waals surface area contributed by atoms with Gasteiger partial charge >= 0.3 is 12.1 Å². The fourth-order valence-corrected chi connectivity index (χ4v) is 4.21. The quantitative estimate of drug-likeness (QED) is 0.505. The third-order valence-corrected chi connectivity index (χ3v) is 6.04. The maximum atomic E-state index is 12.7. The monoisotopic (exact) mass is 446 g/mol. The second-order valence-electron chi connectivity index (χ2n) is 6.76. The van der Waals surface area contributed by atoms with E-state index in [9.17, 15) is 32.2 Å². The molecule has 30 heavy (non-hydrogen) atoms. The van der Waals surface area contributed by atoms with E-state index in [4.69, 9.17) is 4.74 Å². The van der Waals surface area contributed by atoms with Crippen molar-refractivity contribution in [2.45, 2.75) is 25.4 Å². The lowest BCUT2D eigenvalue weighted by molar-refractivity contribution is -0.137. The van der Waals surface area contributed by atoms with Gasteiger partial charge in [0.05, 0.1) is 24.3 Å².